The van der Waals surface area contributed by atoms with Gasteiger partial charge in [0.25, 0.3) is 0 Å². The smallest absolute Gasteiger partial charge is 0.340 e. The molecule has 2 heterocycles. The number of ether oxygens (including phenoxy) is 2. The number of aromatic nitrogens is 1. The highest BCUT2D eigenvalue weighted by Gasteiger charge is 2.30. The molecular formula is C21H21N3O3. The highest BCUT2D eigenvalue weighted by molar-refractivity contribution is 6.02. The Labute approximate surface area is 157 Å². The molecule has 0 saturated carbocycles. The van der Waals surface area contributed by atoms with Gasteiger partial charge in [-0.25, -0.2) is 4.79 Å². The number of carbonyl (C=O) groups excluding carboxylic acids is 1. The molecule has 27 heavy (non-hydrogen) atoms. The summed E-state index contributed by atoms with van der Waals surface area (Å²) >= 11 is 0. The number of esters is 1. The molecule has 1 aliphatic heterocycles. The van der Waals surface area contributed by atoms with Crippen LogP contribution in [-0.4, -0.2) is 24.7 Å². The number of rotatable bonds is 4. The van der Waals surface area contributed by atoms with Gasteiger partial charge < -0.3 is 25.5 Å². The van der Waals surface area contributed by atoms with Crippen LogP contribution in [0.3, 0.4) is 0 Å². The first-order valence-electron chi connectivity index (χ1n) is 8.80. The fourth-order valence-corrected chi connectivity index (χ4v) is 3.43. The van der Waals surface area contributed by atoms with Gasteiger partial charge in [0.05, 0.1) is 17.9 Å². The van der Waals surface area contributed by atoms with E-state index in [0.29, 0.717) is 12.2 Å². The van der Waals surface area contributed by atoms with Crippen molar-refractivity contribution in [1.82, 2.24) is 4.98 Å². The maximum atomic E-state index is 12.5. The number of nitrogen functional groups attached to an aromatic ring is 1. The molecule has 1 aliphatic rings. The van der Waals surface area contributed by atoms with Gasteiger partial charge in [-0.1, -0.05) is 18.2 Å². The Balaban J connectivity index is 1.86. The van der Waals surface area contributed by atoms with Crippen LogP contribution in [0, 0.1) is 0 Å². The Morgan fingerprint density at radius 2 is 1.89 bits per heavy atom. The Kier molecular flexibility index (Phi) is 4.33. The molecule has 0 spiro atoms. The van der Waals surface area contributed by atoms with Gasteiger partial charge >= 0.3 is 5.97 Å². The van der Waals surface area contributed by atoms with E-state index >= 15 is 0 Å². The molecule has 3 aromatic rings. The molecule has 0 amide bonds. The Bertz CT molecular complexity index is 992. The van der Waals surface area contributed by atoms with Crippen LogP contribution in [0.5, 0.6) is 0 Å². The second-order valence-corrected chi connectivity index (χ2v) is 6.35. The summed E-state index contributed by atoms with van der Waals surface area (Å²) in [4.78, 5) is 15.6. The number of fused-ring (bicyclic) bond motifs is 3. The van der Waals surface area contributed by atoms with Crippen molar-refractivity contribution in [1.29, 1.82) is 0 Å². The lowest BCUT2D eigenvalue weighted by Crippen LogP contribution is -2.19. The third kappa shape index (κ3) is 2.94. The zero-order valence-corrected chi connectivity index (χ0v) is 15.2. The van der Waals surface area contributed by atoms with Crippen LogP contribution in [0.25, 0.3) is 22.3 Å². The van der Waals surface area contributed by atoms with Crippen LogP contribution in [0.2, 0.25) is 0 Å². The van der Waals surface area contributed by atoms with Crippen molar-refractivity contribution in [2.45, 2.75) is 13.2 Å². The first-order valence-corrected chi connectivity index (χ1v) is 8.80. The van der Waals surface area contributed by atoms with Gasteiger partial charge in [-0.2, -0.15) is 0 Å². The summed E-state index contributed by atoms with van der Waals surface area (Å²) in [5, 5.41) is 3.35. The van der Waals surface area contributed by atoms with Crippen LogP contribution in [-0.2, 0) is 9.47 Å². The maximum Gasteiger partial charge on any atom is 0.340 e. The minimum atomic E-state index is -0.363. The topological polar surface area (TPSA) is 89.4 Å². The molecular weight excluding hydrogens is 342 g/mol. The van der Waals surface area contributed by atoms with Crippen molar-refractivity contribution >= 4 is 17.3 Å². The quantitative estimate of drug-likeness (QED) is 0.478. The van der Waals surface area contributed by atoms with E-state index in [-0.39, 0.29) is 12.2 Å². The molecule has 0 bridgehead atoms. The van der Waals surface area contributed by atoms with Crippen LogP contribution in [0.4, 0.5) is 11.4 Å². The molecule has 4 N–H and O–H groups in total. The van der Waals surface area contributed by atoms with E-state index in [1.165, 1.54) is 0 Å². The second kappa shape index (κ2) is 6.81. The van der Waals surface area contributed by atoms with E-state index in [0.717, 1.165) is 39.3 Å². The Morgan fingerprint density at radius 3 is 2.59 bits per heavy atom. The Morgan fingerprint density at radius 1 is 1.15 bits per heavy atom. The second-order valence-electron chi connectivity index (χ2n) is 6.35. The largest absolute Gasteiger partial charge is 0.462 e. The summed E-state index contributed by atoms with van der Waals surface area (Å²) < 4.78 is 10.8. The van der Waals surface area contributed by atoms with Crippen molar-refractivity contribution in [2.75, 3.05) is 24.8 Å². The average Bonchev–Trinajstić information content (AvgIpc) is 3.13. The molecule has 4 rings (SSSR count). The normalized spacial score (nSPS) is 14.8. The fraction of sp³-hybridized carbons (Fsp3) is 0.190. The van der Waals surface area contributed by atoms with E-state index in [1.54, 1.807) is 20.2 Å². The molecule has 6 nitrogen and oxygen atoms in total. The van der Waals surface area contributed by atoms with Crippen LogP contribution < -0.4 is 11.1 Å². The molecule has 138 valence electrons. The first kappa shape index (κ1) is 17.2. The van der Waals surface area contributed by atoms with Crippen molar-refractivity contribution in [3.8, 4) is 22.3 Å². The van der Waals surface area contributed by atoms with Crippen molar-refractivity contribution in [3.05, 3.63) is 59.9 Å². The molecule has 1 aromatic heterocycles. The molecule has 0 aliphatic carbocycles. The number of aromatic amines is 1. The van der Waals surface area contributed by atoms with Gasteiger partial charge in [-0.05, 0) is 42.3 Å². The van der Waals surface area contributed by atoms with Crippen LogP contribution >= 0.6 is 0 Å². The maximum absolute atomic E-state index is 12.5. The first-order chi connectivity index (χ1) is 13.1. The number of anilines is 2. The Hall–Kier alpha value is -3.25. The third-order valence-electron chi connectivity index (χ3n) is 4.72. The number of benzene rings is 2. The minimum absolute atomic E-state index is 0.322. The number of carbonyl (C=O) groups is 1. The fourth-order valence-electron chi connectivity index (χ4n) is 3.43. The molecule has 0 fully saturated rings. The highest BCUT2D eigenvalue weighted by atomic mass is 16.5. The molecule has 6 heteroatoms. The predicted molar refractivity (Wildman–Crippen MR) is 105 cm³/mol. The van der Waals surface area contributed by atoms with E-state index in [4.69, 9.17) is 15.2 Å². The molecule has 0 radical (unpaired) electrons. The van der Waals surface area contributed by atoms with Gasteiger partial charge in [0.15, 0.2) is 6.23 Å². The lowest BCUT2D eigenvalue weighted by atomic mass is 9.92. The zero-order valence-electron chi connectivity index (χ0n) is 15.2. The van der Waals surface area contributed by atoms with E-state index in [2.05, 4.69) is 16.4 Å². The lowest BCUT2D eigenvalue weighted by molar-refractivity contribution is 0.0527. The molecule has 2 aromatic carbocycles. The zero-order chi connectivity index (χ0) is 19.0. The number of nitrogens with two attached hydrogens (primary N) is 1. The molecule has 1 atom stereocenters. The summed E-state index contributed by atoms with van der Waals surface area (Å²) in [7, 11) is 1.63. The van der Waals surface area contributed by atoms with Crippen molar-refractivity contribution < 1.29 is 14.3 Å². The number of H-pyrrole nitrogens is 1. The van der Waals surface area contributed by atoms with Gasteiger partial charge in [-0.3, -0.25) is 0 Å². The molecule has 0 saturated heterocycles. The number of nitrogens with one attached hydrogen (secondary N) is 2. The van der Waals surface area contributed by atoms with Crippen LogP contribution in [0.15, 0.2) is 48.7 Å². The summed E-state index contributed by atoms with van der Waals surface area (Å²) in [6, 6.07) is 13.8. The van der Waals surface area contributed by atoms with Gasteiger partial charge in [0.1, 0.15) is 0 Å². The van der Waals surface area contributed by atoms with E-state index in [9.17, 15) is 4.79 Å². The van der Waals surface area contributed by atoms with E-state index < -0.39 is 0 Å². The average molecular weight is 363 g/mol. The van der Waals surface area contributed by atoms with Gasteiger partial charge in [0, 0.05) is 35.8 Å². The minimum Gasteiger partial charge on any atom is -0.462 e. The summed E-state index contributed by atoms with van der Waals surface area (Å²) in [5.74, 6) is -0.351. The van der Waals surface area contributed by atoms with E-state index in [1.807, 2.05) is 36.4 Å². The molecule has 1 unspecified atom stereocenters. The lowest BCUT2D eigenvalue weighted by Gasteiger charge is -2.27. The third-order valence-corrected chi connectivity index (χ3v) is 4.72. The van der Waals surface area contributed by atoms with Crippen molar-refractivity contribution in [2.24, 2.45) is 0 Å². The highest BCUT2D eigenvalue weighted by Crippen LogP contribution is 2.44. The monoisotopic (exact) mass is 363 g/mol. The predicted octanol–water partition coefficient (Wildman–Crippen LogP) is 4.18. The number of methoxy groups -OCH3 is 1. The standard InChI is InChI=1S/C21H21N3O3/c1-3-27-21(25)16-11-23-19-18(16)15-10-13(12-4-7-14(22)8-5-12)6-9-17(15)24-20(19)26-2/h4-11,20,23-24H,3,22H2,1-2H3. The summed E-state index contributed by atoms with van der Waals surface area (Å²) in [6.45, 7) is 2.12. The van der Waals surface area contributed by atoms with Crippen molar-refractivity contribution in [3.63, 3.8) is 0 Å². The summed E-state index contributed by atoms with van der Waals surface area (Å²) in [6.07, 6.45) is 1.32. The number of hydrogen-bond donors (Lipinski definition) is 3. The SMILES string of the molecule is CCOC(=O)c1c[nH]c2c1-c1cc(-c3ccc(N)cc3)ccc1NC2OC. The number of hydrogen-bond acceptors (Lipinski definition) is 5. The van der Waals surface area contributed by atoms with Gasteiger partial charge in [-0.15, -0.1) is 0 Å². The van der Waals surface area contributed by atoms with Gasteiger partial charge in [0.2, 0.25) is 0 Å². The summed E-state index contributed by atoms with van der Waals surface area (Å²) in [5.41, 5.74) is 12.6. The van der Waals surface area contributed by atoms with Crippen LogP contribution in [0.1, 0.15) is 29.2 Å².